The molecule has 1 unspecified atom stereocenters. The van der Waals surface area contributed by atoms with E-state index in [9.17, 15) is 18.7 Å². The lowest BCUT2D eigenvalue weighted by Crippen LogP contribution is -2.52. The molecule has 4 heterocycles. The SMILES string of the molecule is COc1cccc2c1nc(C(F)F)n2-c1nc(N2CCOCC2)nc(N(CCCO)C2CCCN(C(=O)OC(C)(C)C)C2)n1. The van der Waals surface area contributed by atoms with Crippen LogP contribution in [-0.2, 0) is 9.47 Å². The van der Waals surface area contributed by atoms with E-state index in [2.05, 4.69) is 9.97 Å². The first kappa shape index (κ1) is 31.6. The van der Waals surface area contributed by atoms with E-state index in [4.69, 9.17) is 24.2 Å². The fraction of sp³-hybridized carbons (Fsp3) is 0.621. The van der Waals surface area contributed by atoms with Gasteiger partial charge in [0.15, 0.2) is 5.82 Å². The maximum atomic E-state index is 14.5. The van der Waals surface area contributed by atoms with E-state index < -0.39 is 23.9 Å². The number of aromatic nitrogens is 5. The molecule has 3 aromatic rings. The molecule has 2 saturated heterocycles. The van der Waals surface area contributed by atoms with Crippen molar-refractivity contribution in [3.8, 4) is 11.7 Å². The highest BCUT2D eigenvalue weighted by Crippen LogP contribution is 2.33. The molecule has 5 rings (SSSR count). The average molecular weight is 619 g/mol. The van der Waals surface area contributed by atoms with Crippen molar-refractivity contribution in [2.24, 2.45) is 0 Å². The van der Waals surface area contributed by atoms with Crippen LogP contribution in [0, 0.1) is 0 Å². The summed E-state index contributed by atoms with van der Waals surface area (Å²) in [5.74, 6) is 0.375. The number of imidazole rings is 1. The van der Waals surface area contributed by atoms with Crippen molar-refractivity contribution in [2.45, 2.75) is 58.1 Å². The molecule has 13 nitrogen and oxygen atoms in total. The Bertz CT molecular complexity index is 1440. The van der Waals surface area contributed by atoms with Gasteiger partial charge in [0.25, 0.3) is 6.43 Å². The van der Waals surface area contributed by atoms with Gasteiger partial charge in [0.1, 0.15) is 16.9 Å². The Balaban J connectivity index is 1.62. The Morgan fingerprint density at radius 2 is 1.89 bits per heavy atom. The minimum absolute atomic E-state index is 0.0173. The van der Waals surface area contributed by atoms with E-state index in [-0.39, 0.29) is 30.1 Å². The number of ether oxygens (including phenoxy) is 3. The molecular weight excluding hydrogens is 578 g/mol. The van der Waals surface area contributed by atoms with Gasteiger partial charge in [-0.1, -0.05) is 6.07 Å². The highest BCUT2D eigenvalue weighted by molar-refractivity contribution is 5.84. The van der Waals surface area contributed by atoms with Gasteiger partial charge in [-0.2, -0.15) is 15.0 Å². The highest BCUT2D eigenvalue weighted by Gasteiger charge is 2.33. The molecule has 0 saturated carbocycles. The number of carbonyl (C=O) groups excluding carboxylic acids is 1. The summed E-state index contributed by atoms with van der Waals surface area (Å²) in [4.78, 5) is 37.0. The number of amides is 1. The second-order valence-electron chi connectivity index (χ2n) is 11.8. The number of morpholine rings is 1. The summed E-state index contributed by atoms with van der Waals surface area (Å²) in [6, 6.07) is 4.80. The van der Waals surface area contributed by atoms with Crippen LogP contribution in [0.1, 0.15) is 52.3 Å². The number of benzene rings is 1. The normalized spacial score (nSPS) is 17.8. The quantitative estimate of drug-likeness (QED) is 0.378. The molecule has 2 aromatic heterocycles. The van der Waals surface area contributed by atoms with E-state index >= 15 is 0 Å². The van der Waals surface area contributed by atoms with Crippen molar-refractivity contribution in [1.29, 1.82) is 0 Å². The number of carbonyl (C=O) groups is 1. The van der Waals surface area contributed by atoms with E-state index in [1.54, 1.807) is 23.1 Å². The first-order valence-corrected chi connectivity index (χ1v) is 14.9. The molecule has 2 aliphatic rings. The van der Waals surface area contributed by atoms with Crippen LogP contribution in [0.3, 0.4) is 0 Å². The molecule has 0 radical (unpaired) electrons. The highest BCUT2D eigenvalue weighted by atomic mass is 19.3. The summed E-state index contributed by atoms with van der Waals surface area (Å²) in [6.45, 7) is 8.60. The Morgan fingerprint density at radius 1 is 1.14 bits per heavy atom. The monoisotopic (exact) mass is 618 g/mol. The van der Waals surface area contributed by atoms with Crippen LogP contribution in [0.15, 0.2) is 18.2 Å². The van der Waals surface area contributed by atoms with E-state index in [0.29, 0.717) is 69.6 Å². The predicted octanol–water partition coefficient (Wildman–Crippen LogP) is 3.58. The molecule has 0 bridgehead atoms. The number of nitrogens with zero attached hydrogens (tertiary/aromatic N) is 8. The third-order valence-corrected chi connectivity index (χ3v) is 7.49. The minimum atomic E-state index is -2.93. The van der Waals surface area contributed by atoms with Crippen molar-refractivity contribution >= 4 is 29.0 Å². The number of hydrogen-bond donors (Lipinski definition) is 1. The molecule has 2 aliphatic heterocycles. The number of fused-ring (bicyclic) bond motifs is 1. The Labute approximate surface area is 254 Å². The zero-order chi connectivity index (χ0) is 31.4. The number of para-hydroxylation sites is 1. The number of hydrogen-bond acceptors (Lipinski definition) is 11. The molecule has 240 valence electrons. The Kier molecular flexibility index (Phi) is 9.63. The first-order chi connectivity index (χ1) is 21.1. The van der Waals surface area contributed by atoms with Crippen LogP contribution in [-0.4, -0.2) is 112 Å². The van der Waals surface area contributed by atoms with Crippen LogP contribution in [0.4, 0.5) is 25.5 Å². The number of aliphatic hydroxyl groups excluding tert-OH is 1. The maximum absolute atomic E-state index is 14.5. The van der Waals surface area contributed by atoms with Crippen LogP contribution in [0.25, 0.3) is 17.0 Å². The summed E-state index contributed by atoms with van der Waals surface area (Å²) in [7, 11) is 1.46. The predicted molar refractivity (Wildman–Crippen MR) is 159 cm³/mol. The van der Waals surface area contributed by atoms with E-state index in [1.165, 1.54) is 11.7 Å². The van der Waals surface area contributed by atoms with Gasteiger partial charge in [0, 0.05) is 45.4 Å². The molecular formula is C29H40F2N8O5. The number of likely N-dealkylation sites (tertiary alicyclic amines) is 1. The summed E-state index contributed by atoms with van der Waals surface area (Å²) in [6.07, 6.45) is -1.48. The maximum Gasteiger partial charge on any atom is 0.410 e. The number of anilines is 2. The molecule has 1 aromatic carbocycles. The third kappa shape index (κ3) is 6.93. The summed E-state index contributed by atoms with van der Waals surface area (Å²) >= 11 is 0. The van der Waals surface area contributed by atoms with E-state index in [0.717, 1.165) is 12.8 Å². The Hall–Kier alpha value is -3.85. The van der Waals surface area contributed by atoms with Crippen LogP contribution >= 0.6 is 0 Å². The fourth-order valence-corrected chi connectivity index (χ4v) is 5.48. The van der Waals surface area contributed by atoms with Gasteiger partial charge in [-0.3, -0.25) is 4.57 Å². The smallest absolute Gasteiger partial charge is 0.410 e. The zero-order valence-corrected chi connectivity index (χ0v) is 25.6. The lowest BCUT2D eigenvalue weighted by molar-refractivity contribution is 0.0197. The van der Waals surface area contributed by atoms with Gasteiger partial charge in [0.05, 0.1) is 25.8 Å². The number of rotatable bonds is 9. The zero-order valence-electron chi connectivity index (χ0n) is 25.6. The second kappa shape index (κ2) is 13.4. The molecule has 2 fully saturated rings. The second-order valence-corrected chi connectivity index (χ2v) is 11.8. The fourth-order valence-electron chi connectivity index (χ4n) is 5.48. The largest absolute Gasteiger partial charge is 0.494 e. The number of halogens is 2. The topological polar surface area (TPSA) is 131 Å². The molecule has 0 aliphatic carbocycles. The molecule has 1 amide bonds. The van der Waals surface area contributed by atoms with Crippen molar-refractivity contribution < 1.29 is 32.9 Å². The standard InChI is InChI=1S/C29H40F2N8O5/c1-29(2,3)44-28(41)37-11-6-8-19(18-37)38(12-7-15-40)26-33-25(36-13-16-43-17-14-36)34-27(35-26)39-20-9-5-10-21(42-4)22(20)32-24(39)23(30)31/h5,9-10,19,23,40H,6-8,11-18H2,1-4H3. The molecule has 0 spiro atoms. The van der Waals surface area contributed by atoms with Crippen LogP contribution < -0.4 is 14.5 Å². The number of aliphatic hydroxyl groups is 1. The van der Waals surface area contributed by atoms with E-state index in [1.807, 2.05) is 30.6 Å². The molecule has 44 heavy (non-hydrogen) atoms. The number of alkyl halides is 2. The van der Waals surface area contributed by atoms with Gasteiger partial charge < -0.3 is 34.0 Å². The summed E-state index contributed by atoms with van der Waals surface area (Å²) in [5, 5.41) is 9.76. The average Bonchev–Trinajstić information content (AvgIpc) is 3.41. The van der Waals surface area contributed by atoms with Gasteiger partial charge in [0.2, 0.25) is 17.8 Å². The van der Waals surface area contributed by atoms with Crippen molar-refractivity contribution in [3.05, 3.63) is 24.0 Å². The Morgan fingerprint density at radius 3 is 2.57 bits per heavy atom. The molecule has 15 heteroatoms. The van der Waals surface area contributed by atoms with Gasteiger partial charge >= 0.3 is 6.09 Å². The third-order valence-electron chi connectivity index (χ3n) is 7.49. The van der Waals surface area contributed by atoms with Crippen LogP contribution in [0.5, 0.6) is 5.75 Å². The summed E-state index contributed by atoms with van der Waals surface area (Å²) < 4.78 is 46.8. The molecule has 1 N–H and O–H groups in total. The summed E-state index contributed by atoms with van der Waals surface area (Å²) in [5.41, 5.74) is -0.0203. The molecule has 1 atom stereocenters. The lowest BCUT2D eigenvalue weighted by Gasteiger charge is -2.40. The number of methoxy groups -OCH3 is 1. The van der Waals surface area contributed by atoms with Crippen molar-refractivity contribution in [1.82, 2.24) is 29.4 Å². The van der Waals surface area contributed by atoms with Gasteiger partial charge in [-0.15, -0.1) is 0 Å². The van der Waals surface area contributed by atoms with Crippen molar-refractivity contribution in [2.75, 3.05) is 69.5 Å². The van der Waals surface area contributed by atoms with Crippen LogP contribution in [0.2, 0.25) is 0 Å². The van der Waals surface area contributed by atoms with Crippen molar-refractivity contribution in [3.63, 3.8) is 0 Å². The minimum Gasteiger partial charge on any atom is -0.494 e. The van der Waals surface area contributed by atoms with Gasteiger partial charge in [-0.25, -0.2) is 18.6 Å². The first-order valence-electron chi connectivity index (χ1n) is 14.9. The van der Waals surface area contributed by atoms with Gasteiger partial charge in [-0.05, 0) is 52.2 Å². The number of piperidine rings is 1. The lowest BCUT2D eigenvalue weighted by atomic mass is 10.0.